The van der Waals surface area contributed by atoms with Gasteiger partial charge in [-0.3, -0.25) is 4.79 Å². The number of benzene rings is 1. The van der Waals surface area contributed by atoms with E-state index >= 15 is 0 Å². The number of rotatable bonds is 6. The first kappa shape index (κ1) is 16.1. The van der Waals surface area contributed by atoms with Crippen molar-refractivity contribution in [1.29, 1.82) is 0 Å². The number of carboxylic acids is 1. The Labute approximate surface area is 132 Å². The molecule has 114 valence electrons. The molecular formula is C14H16ClNO4S. The van der Waals surface area contributed by atoms with Gasteiger partial charge in [-0.15, -0.1) is 11.8 Å². The first-order valence-corrected chi connectivity index (χ1v) is 8.11. The van der Waals surface area contributed by atoms with Gasteiger partial charge in [-0.25, -0.2) is 4.79 Å². The molecule has 7 heteroatoms. The average molecular weight is 330 g/mol. The van der Waals surface area contributed by atoms with Gasteiger partial charge in [-0.05, 0) is 31.0 Å². The first-order valence-electron chi connectivity index (χ1n) is 6.58. The van der Waals surface area contributed by atoms with Gasteiger partial charge >= 0.3 is 5.97 Å². The van der Waals surface area contributed by atoms with Crippen molar-refractivity contribution in [3.8, 4) is 0 Å². The maximum Gasteiger partial charge on any atom is 0.335 e. The van der Waals surface area contributed by atoms with Gasteiger partial charge in [-0.2, -0.15) is 0 Å². The van der Waals surface area contributed by atoms with E-state index in [1.807, 2.05) is 0 Å². The monoisotopic (exact) mass is 329 g/mol. The van der Waals surface area contributed by atoms with Crippen LogP contribution in [0.3, 0.4) is 0 Å². The third kappa shape index (κ3) is 4.91. The number of halogens is 1. The van der Waals surface area contributed by atoms with Crippen LogP contribution in [-0.4, -0.2) is 41.2 Å². The van der Waals surface area contributed by atoms with Gasteiger partial charge in [0.15, 0.2) is 0 Å². The fourth-order valence-electron chi connectivity index (χ4n) is 2.00. The lowest BCUT2D eigenvalue weighted by molar-refractivity contribution is -0.113. The Morgan fingerprint density at radius 1 is 1.48 bits per heavy atom. The lowest BCUT2D eigenvalue weighted by Crippen LogP contribution is -2.17. The van der Waals surface area contributed by atoms with Gasteiger partial charge in [0, 0.05) is 12.4 Å². The van der Waals surface area contributed by atoms with Crippen LogP contribution in [0.2, 0.25) is 5.02 Å². The van der Waals surface area contributed by atoms with Gasteiger partial charge in [0.1, 0.15) is 0 Å². The number of aromatic carboxylic acids is 1. The molecule has 2 N–H and O–H groups in total. The van der Waals surface area contributed by atoms with Crippen molar-refractivity contribution >= 4 is 40.9 Å². The van der Waals surface area contributed by atoms with Crippen molar-refractivity contribution in [2.75, 3.05) is 23.4 Å². The standard InChI is InChI=1S/C14H16ClNO4S/c15-11-4-3-9(14(18)19)6-12(11)16-13(17)8-21-7-10-2-1-5-20-10/h3-4,6,10H,1-2,5,7-8H2,(H,16,17)(H,18,19). The summed E-state index contributed by atoms with van der Waals surface area (Å²) in [6, 6.07) is 4.21. The SMILES string of the molecule is O=C(CSCC1CCCO1)Nc1cc(C(=O)O)ccc1Cl. The second-order valence-electron chi connectivity index (χ2n) is 4.70. The Balaban J connectivity index is 1.84. The zero-order valence-corrected chi connectivity index (χ0v) is 12.9. The number of carbonyl (C=O) groups excluding carboxylic acids is 1. The van der Waals surface area contributed by atoms with Crippen molar-refractivity contribution in [3.05, 3.63) is 28.8 Å². The van der Waals surface area contributed by atoms with Gasteiger partial charge in [0.05, 0.1) is 28.1 Å². The van der Waals surface area contributed by atoms with Crippen LogP contribution in [0.1, 0.15) is 23.2 Å². The number of nitrogens with one attached hydrogen (secondary N) is 1. The van der Waals surface area contributed by atoms with Crippen LogP contribution in [0.5, 0.6) is 0 Å². The summed E-state index contributed by atoms with van der Waals surface area (Å²) in [6.45, 7) is 0.801. The molecule has 1 aliphatic heterocycles. The van der Waals surface area contributed by atoms with Crippen LogP contribution in [0, 0.1) is 0 Å². The minimum atomic E-state index is -1.06. The van der Waals surface area contributed by atoms with E-state index in [2.05, 4.69) is 5.32 Å². The average Bonchev–Trinajstić information content (AvgIpc) is 2.94. The van der Waals surface area contributed by atoms with Crippen molar-refractivity contribution in [1.82, 2.24) is 0 Å². The molecule has 0 bridgehead atoms. The summed E-state index contributed by atoms with van der Waals surface area (Å²) in [7, 11) is 0. The highest BCUT2D eigenvalue weighted by Gasteiger charge is 2.16. The number of hydrogen-bond donors (Lipinski definition) is 2. The van der Waals surface area contributed by atoms with E-state index in [4.69, 9.17) is 21.4 Å². The summed E-state index contributed by atoms with van der Waals surface area (Å²) in [5.74, 6) is -0.193. The number of carbonyl (C=O) groups is 2. The van der Waals surface area contributed by atoms with Crippen molar-refractivity contribution < 1.29 is 19.4 Å². The Kier molecular flexibility index (Phi) is 5.90. The van der Waals surface area contributed by atoms with Crippen LogP contribution in [0.4, 0.5) is 5.69 Å². The first-order chi connectivity index (χ1) is 10.1. The van der Waals surface area contributed by atoms with E-state index in [1.165, 1.54) is 30.0 Å². The fourth-order valence-corrected chi connectivity index (χ4v) is 3.07. The molecule has 1 aromatic rings. The zero-order chi connectivity index (χ0) is 15.2. The molecule has 5 nitrogen and oxygen atoms in total. The third-order valence-electron chi connectivity index (χ3n) is 3.05. The van der Waals surface area contributed by atoms with Crippen LogP contribution in [0.25, 0.3) is 0 Å². The Hall–Kier alpha value is -1.24. The summed E-state index contributed by atoms with van der Waals surface area (Å²) < 4.78 is 5.48. The summed E-state index contributed by atoms with van der Waals surface area (Å²) >= 11 is 7.45. The van der Waals surface area contributed by atoms with Crippen molar-refractivity contribution in [2.24, 2.45) is 0 Å². The molecule has 2 rings (SSSR count). The molecule has 0 aromatic heterocycles. The normalized spacial score (nSPS) is 17.7. The molecule has 21 heavy (non-hydrogen) atoms. The molecule has 1 unspecified atom stereocenters. The van der Waals surface area contributed by atoms with Crippen LogP contribution >= 0.6 is 23.4 Å². The van der Waals surface area contributed by atoms with E-state index in [1.54, 1.807) is 0 Å². The van der Waals surface area contributed by atoms with Gasteiger partial charge < -0.3 is 15.2 Å². The molecular weight excluding hydrogens is 314 g/mol. The van der Waals surface area contributed by atoms with E-state index in [-0.39, 0.29) is 23.3 Å². The zero-order valence-electron chi connectivity index (χ0n) is 11.3. The van der Waals surface area contributed by atoms with E-state index in [0.717, 1.165) is 25.2 Å². The fraction of sp³-hybridized carbons (Fsp3) is 0.429. The number of hydrogen-bond acceptors (Lipinski definition) is 4. The second kappa shape index (κ2) is 7.68. The highest BCUT2D eigenvalue weighted by atomic mass is 35.5. The largest absolute Gasteiger partial charge is 0.478 e. The lowest BCUT2D eigenvalue weighted by atomic mass is 10.2. The molecule has 0 saturated carbocycles. The Bertz CT molecular complexity index is 532. The number of amides is 1. The molecule has 1 amide bonds. The molecule has 1 atom stereocenters. The third-order valence-corrected chi connectivity index (χ3v) is 4.45. The number of carboxylic acid groups (broad SMARTS) is 1. The number of ether oxygens (including phenoxy) is 1. The Morgan fingerprint density at radius 3 is 2.95 bits per heavy atom. The minimum absolute atomic E-state index is 0.0849. The molecule has 1 fully saturated rings. The van der Waals surface area contributed by atoms with Gasteiger partial charge in [0.25, 0.3) is 0 Å². The van der Waals surface area contributed by atoms with E-state index in [9.17, 15) is 9.59 Å². The number of thioether (sulfide) groups is 1. The predicted molar refractivity (Wildman–Crippen MR) is 83.3 cm³/mol. The summed E-state index contributed by atoms with van der Waals surface area (Å²) in [5, 5.41) is 11.9. The maximum absolute atomic E-state index is 11.8. The van der Waals surface area contributed by atoms with Gasteiger partial charge in [0.2, 0.25) is 5.91 Å². The highest BCUT2D eigenvalue weighted by molar-refractivity contribution is 8.00. The topological polar surface area (TPSA) is 75.6 Å². The lowest BCUT2D eigenvalue weighted by Gasteiger charge is -2.10. The maximum atomic E-state index is 11.8. The molecule has 0 spiro atoms. The van der Waals surface area contributed by atoms with Gasteiger partial charge in [-0.1, -0.05) is 11.6 Å². The quantitative estimate of drug-likeness (QED) is 0.839. The van der Waals surface area contributed by atoms with Crippen LogP contribution in [-0.2, 0) is 9.53 Å². The molecule has 1 aliphatic rings. The molecule has 0 radical (unpaired) electrons. The number of anilines is 1. The predicted octanol–water partition coefficient (Wildman–Crippen LogP) is 2.89. The molecule has 0 aliphatic carbocycles. The van der Waals surface area contributed by atoms with Crippen molar-refractivity contribution in [2.45, 2.75) is 18.9 Å². The smallest absolute Gasteiger partial charge is 0.335 e. The van der Waals surface area contributed by atoms with E-state index in [0.29, 0.717) is 10.7 Å². The molecule has 1 heterocycles. The Morgan fingerprint density at radius 2 is 2.29 bits per heavy atom. The molecule has 1 saturated heterocycles. The highest BCUT2D eigenvalue weighted by Crippen LogP contribution is 2.23. The summed E-state index contributed by atoms with van der Waals surface area (Å²) in [6.07, 6.45) is 2.36. The van der Waals surface area contributed by atoms with Crippen LogP contribution < -0.4 is 5.32 Å². The second-order valence-corrected chi connectivity index (χ2v) is 6.14. The van der Waals surface area contributed by atoms with Crippen molar-refractivity contribution in [3.63, 3.8) is 0 Å². The summed E-state index contributed by atoms with van der Waals surface area (Å²) in [5.41, 5.74) is 0.404. The minimum Gasteiger partial charge on any atom is -0.478 e. The summed E-state index contributed by atoms with van der Waals surface area (Å²) in [4.78, 5) is 22.7. The van der Waals surface area contributed by atoms with Crippen LogP contribution in [0.15, 0.2) is 18.2 Å². The molecule has 1 aromatic carbocycles. The van der Waals surface area contributed by atoms with E-state index < -0.39 is 5.97 Å².